The first-order valence-electron chi connectivity index (χ1n) is 8.23. The van der Waals surface area contributed by atoms with Gasteiger partial charge in [0.05, 0.1) is 17.8 Å². The number of hydrogen-bond acceptors (Lipinski definition) is 5. The molecule has 3 saturated heterocycles. The monoisotopic (exact) mass is 338 g/mol. The molecule has 0 unspecified atom stereocenters. The van der Waals surface area contributed by atoms with Crippen molar-refractivity contribution in [1.29, 1.82) is 5.26 Å². The molecule has 122 valence electrons. The van der Waals surface area contributed by atoms with Gasteiger partial charge in [0.25, 0.3) is 5.91 Å². The van der Waals surface area contributed by atoms with Crippen LogP contribution in [-0.4, -0.2) is 41.5 Å². The molecular formula is C18H18N4OS. The van der Waals surface area contributed by atoms with E-state index in [-0.39, 0.29) is 11.9 Å². The summed E-state index contributed by atoms with van der Waals surface area (Å²) in [7, 11) is 0. The van der Waals surface area contributed by atoms with Crippen LogP contribution in [-0.2, 0) is 0 Å². The Balaban J connectivity index is 1.50. The predicted molar refractivity (Wildman–Crippen MR) is 92.7 cm³/mol. The summed E-state index contributed by atoms with van der Waals surface area (Å²) < 4.78 is 0. The number of thiazole rings is 1. The van der Waals surface area contributed by atoms with Gasteiger partial charge < -0.3 is 10.2 Å². The van der Waals surface area contributed by atoms with Gasteiger partial charge in [-0.05, 0) is 37.9 Å². The van der Waals surface area contributed by atoms with Crippen LogP contribution in [0.15, 0.2) is 30.5 Å². The lowest BCUT2D eigenvalue weighted by Crippen LogP contribution is -2.57. The van der Waals surface area contributed by atoms with Crippen LogP contribution in [0, 0.1) is 17.2 Å². The molecule has 3 aliphatic rings. The lowest BCUT2D eigenvalue weighted by atomic mass is 9.84. The van der Waals surface area contributed by atoms with Gasteiger partial charge in [-0.2, -0.15) is 5.26 Å². The summed E-state index contributed by atoms with van der Waals surface area (Å²) in [6, 6.07) is 9.77. The van der Waals surface area contributed by atoms with Crippen LogP contribution in [0.3, 0.4) is 0 Å². The Morgan fingerprint density at radius 2 is 2.12 bits per heavy atom. The molecule has 4 heterocycles. The van der Waals surface area contributed by atoms with Crippen molar-refractivity contribution in [3.8, 4) is 16.6 Å². The van der Waals surface area contributed by atoms with E-state index in [4.69, 9.17) is 0 Å². The van der Waals surface area contributed by atoms with Crippen LogP contribution in [0.1, 0.15) is 28.1 Å². The van der Waals surface area contributed by atoms with Gasteiger partial charge in [-0.15, -0.1) is 11.3 Å². The minimum absolute atomic E-state index is 0.0491. The molecule has 3 aliphatic heterocycles. The summed E-state index contributed by atoms with van der Waals surface area (Å²) in [5.74, 6) is 0.553. The van der Waals surface area contributed by atoms with Crippen LogP contribution >= 0.6 is 11.3 Å². The zero-order valence-corrected chi connectivity index (χ0v) is 14.1. The highest BCUT2D eigenvalue weighted by Gasteiger charge is 2.35. The molecule has 1 aromatic carbocycles. The molecule has 1 amide bonds. The number of carbonyl (C=O) groups excluding carboxylic acids is 1. The third-order valence-corrected chi connectivity index (χ3v) is 6.01. The fourth-order valence-electron chi connectivity index (χ4n) is 3.64. The van der Waals surface area contributed by atoms with E-state index in [1.54, 1.807) is 12.3 Å². The molecule has 2 aromatic rings. The first kappa shape index (κ1) is 15.3. The lowest BCUT2D eigenvalue weighted by Gasteiger charge is -2.44. The second-order valence-corrected chi connectivity index (χ2v) is 7.44. The highest BCUT2D eigenvalue weighted by molar-refractivity contribution is 7.16. The van der Waals surface area contributed by atoms with Crippen LogP contribution in [0.5, 0.6) is 0 Å². The van der Waals surface area contributed by atoms with E-state index < -0.39 is 0 Å². The van der Waals surface area contributed by atoms with Crippen LogP contribution in [0.25, 0.3) is 10.6 Å². The van der Waals surface area contributed by atoms with Crippen molar-refractivity contribution in [3.05, 3.63) is 40.9 Å². The maximum Gasteiger partial charge on any atom is 0.263 e. The maximum absolute atomic E-state index is 12.6. The molecule has 5 rings (SSSR count). The van der Waals surface area contributed by atoms with Gasteiger partial charge in [0, 0.05) is 18.2 Å². The topological polar surface area (TPSA) is 69.0 Å². The average Bonchev–Trinajstić information content (AvgIpc) is 3.13. The molecule has 2 bridgehead atoms. The minimum Gasteiger partial charge on any atom is -0.347 e. The van der Waals surface area contributed by atoms with E-state index in [1.165, 1.54) is 24.2 Å². The second-order valence-electron chi connectivity index (χ2n) is 6.41. The zero-order chi connectivity index (χ0) is 16.5. The molecule has 1 N–H and O–H groups in total. The van der Waals surface area contributed by atoms with Crippen LogP contribution < -0.4 is 5.32 Å². The van der Waals surface area contributed by atoms with Gasteiger partial charge in [0.15, 0.2) is 0 Å². The number of rotatable bonds is 3. The molecule has 6 heteroatoms. The number of piperidine rings is 3. The minimum atomic E-state index is -0.0491. The number of carbonyl (C=O) groups is 1. The standard InChI is InChI=1S/C18H18N4OS/c19-9-13-3-1-2-4-14(13)18-20-10-16(24-18)17(23)21-15-11-22-7-5-12(15)6-8-22/h1-4,10,12,15H,5-8,11H2,(H,21,23)/t15-/m0/s1. The number of nitrogens with zero attached hydrogens (tertiary/aromatic N) is 3. The Morgan fingerprint density at radius 3 is 2.83 bits per heavy atom. The van der Waals surface area contributed by atoms with E-state index in [9.17, 15) is 10.1 Å². The third kappa shape index (κ3) is 2.81. The largest absolute Gasteiger partial charge is 0.347 e. The Morgan fingerprint density at radius 1 is 1.33 bits per heavy atom. The molecule has 24 heavy (non-hydrogen) atoms. The molecule has 1 atom stereocenters. The Hall–Kier alpha value is -2.23. The number of benzene rings is 1. The van der Waals surface area contributed by atoms with E-state index >= 15 is 0 Å². The number of hydrogen-bond donors (Lipinski definition) is 1. The quantitative estimate of drug-likeness (QED) is 0.933. The molecule has 0 aliphatic carbocycles. The number of amides is 1. The summed E-state index contributed by atoms with van der Waals surface area (Å²) in [4.78, 5) is 19.9. The van der Waals surface area contributed by atoms with E-state index in [1.807, 2.05) is 18.2 Å². The summed E-state index contributed by atoms with van der Waals surface area (Å²) >= 11 is 1.34. The average molecular weight is 338 g/mol. The summed E-state index contributed by atoms with van der Waals surface area (Å²) in [5.41, 5.74) is 1.36. The highest BCUT2D eigenvalue weighted by Crippen LogP contribution is 2.30. The number of aromatic nitrogens is 1. The third-order valence-electron chi connectivity index (χ3n) is 4.98. The van der Waals surface area contributed by atoms with Gasteiger partial charge in [-0.25, -0.2) is 4.98 Å². The first-order valence-corrected chi connectivity index (χ1v) is 9.05. The van der Waals surface area contributed by atoms with Crippen LogP contribution in [0.2, 0.25) is 0 Å². The van der Waals surface area contributed by atoms with Crippen LogP contribution in [0.4, 0.5) is 0 Å². The van der Waals surface area contributed by atoms with E-state index in [0.717, 1.165) is 25.2 Å². The fraction of sp³-hybridized carbons (Fsp3) is 0.389. The fourth-order valence-corrected chi connectivity index (χ4v) is 4.50. The predicted octanol–water partition coefficient (Wildman–Crippen LogP) is 2.51. The molecule has 3 fully saturated rings. The van der Waals surface area contributed by atoms with Gasteiger partial charge in [-0.1, -0.05) is 18.2 Å². The normalized spacial score (nSPS) is 25.2. The van der Waals surface area contributed by atoms with Gasteiger partial charge in [0.1, 0.15) is 9.88 Å². The number of fused-ring (bicyclic) bond motifs is 3. The summed E-state index contributed by atoms with van der Waals surface area (Å²) in [6.45, 7) is 3.28. The van der Waals surface area contributed by atoms with Crippen molar-refractivity contribution in [2.24, 2.45) is 5.92 Å². The SMILES string of the molecule is N#Cc1ccccc1-c1ncc(C(=O)N[C@H]2CN3CCC2CC3)s1. The van der Waals surface area contributed by atoms with Crippen molar-refractivity contribution in [2.45, 2.75) is 18.9 Å². The number of nitrogens with one attached hydrogen (secondary N) is 1. The van der Waals surface area contributed by atoms with Crippen molar-refractivity contribution in [1.82, 2.24) is 15.2 Å². The van der Waals surface area contributed by atoms with E-state index in [0.29, 0.717) is 21.4 Å². The van der Waals surface area contributed by atoms with Gasteiger partial charge in [-0.3, -0.25) is 4.79 Å². The Kier molecular flexibility index (Phi) is 4.05. The molecule has 1 aromatic heterocycles. The van der Waals surface area contributed by atoms with Gasteiger partial charge >= 0.3 is 0 Å². The molecule has 0 radical (unpaired) electrons. The molecule has 0 spiro atoms. The van der Waals surface area contributed by atoms with Crippen molar-refractivity contribution in [2.75, 3.05) is 19.6 Å². The lowest BCUT2D eigenvalue weighted by molar-refractivity contribution is 0.0622. The Labute approximate surface area is 144 Å². The van der Waals surface area contributed by atoms with Crippen molar-refractivity contribution < 1.29 is 4.79 Å². The number of nitriles is 1. The second kappa shape index (κ2) is 6.34. The zero-order valence-electron chi connectivity index (χ0n) is 13.2. The van der Waals surface area contributed by atoms with E-state index in [2.05, 4.69) is 21.3 Å². The smallest absolute Gasteiger partial charge is 0.263 e. The van der Waals surface area contributed by atoms with Crippen molar-refractivity contribution >= 4 is 17.2 Å². The highest BCUT2D eigenvalue weighted by atomic mass is 32.1. The first-order chi connectivity index (χ1) is 11.7. The molecule has 0 saturated carbocycles. The van der Waals surface area contributed by atoms with Gasteiger partial charge in [0.2, 0.25) is 0 Å². The molecule has 5 nitrogen and oxygen atoms in total. The summed E-state index contributed by atoms with van der Waals surface area (Å²) in [6.07, 6.45) is 3.97. The molecular weight excluding hydrogens is 320 g/mol. The Bertz CT molecular complexity index is 801. The maximum atomic E-state index is 12.6. The van der Waals surface area contributed by atoms with Crippen molar-refractivity contribution in [3.63, 3.8) is 0 Å². The summed E-state index contributed by atoms with van der Waals surface area (Å²) in [5, 5.41) is 13.1.